The van der Waals surface area contributed by atoms with Crippen LogP contribution in [-0.4, -0.2) is 35.0 Å². The lowest BCUT2D eigenvalue weighted by Crippen LogP contribution is -2.59. The topological polar surface area (TPSA) is 46.6 Å². The zero-order valence-corrected chi connectivity index (χ0v) is 8.58. The molecule has 0 spiro atoms. The summed E-state index contributed by atoms with van der Waals surface area (Å²) < 4.78 is 5.22. The van der Waals surface area contributed by atoms with Crippen molar-refractivity contribution < 1.29 is 14.3 Å². The Morgan fingerprint density at radius 2 is 2.29 bits per heavy atom. The number of cyclic esters (lactones) is 1. The van der Waals surface area contributed by atoms with Crippen molar-refractivity contribution in [2.24, 2.45) is 0 Å². The first-order valence-electron chi connectivity index (χ1n) is 5.12. The highest BCUT2D eigenvalue weighted by molar-refractivity contribution is 5.95. The van der Waals surface area contributed by atoms with Crippen LogP contribution in [0.4, 0.5) is 0 Å². The zero-order chi connectivity index (χ0) is 10.3. The summed E-state index contributed by atoms with van der Waals surface area (Å²) >= 11 is 0. The van der Waals surface area contributed by atoms with E-state index >= 15 is 0 Å². The Labute approximate surface area is 83.2 Å². The van der Waals surface area contributed by atoms with Crippen LogP contribution in [0.15, 0.2) is 0 Å². The molecule has 2 aliphatic heterocycles. The Morgan fingerprint density at radius 1 is 1.57 bits per heavy atom. The number of morpholine rings is 1. The summed E-state index contributed by atoms with van der Waals surface area (Å²) in [4.78, 5) is 25.2. The molecule has 4 heteroatoms. The van der Waals surface area contributed by atoms with Gasteiger partial charge >= 0.3 is 5.97 Å². The van der Waals surface area contributed by atoms with Crippen molar-refractivity contribution in [3.63, 3.8) is 0 Å². The molecule has 2 heterocycles. The number of esters is 1. The fraction of sp³-hybridized carbons (Fsp3) is 0.800. The minimum absolute atomic E-state index is 0.0258. The van der Waals surface area contributed by atoms with Crippen molar-refractivity contribution in [1.82, 2.24) is 4.90 Å². The van der Waals surface area contributed by atoms with Crippen LogP contribution in [0.3, 0.4) is 0 Å². The number of amides is 1. The van der Waals surface area contributed by atoms with E-state index < -0.39 is 5.60 Å². The Kier molecular flexibility index (Phi) is 2.01. The number of carbonyl (C=O) groups is 2. The smallest absolute Gasteiger partial charge is 0.329 e. The first-order chi connectivity index (χ1) is 6.58. The summed E-state index contributed by atoms with van der Waals surface area (Å²) in [6.45, 7) is 4.26. The molecule has 14 heavy (non-hydrogen) atoms. The van der Waals surface area contributed by atoms with Crippen molar-refractivity contribution in [1.29, 1.82) is 0 Å². The molecule has 4 nitrogen and oxygen atoms in total. The molecule has 0 saturated carbocycles. The molecule has 0 aromatic carbocycles. The molecular formula is C10H15NO3. The van der Waals surface area contributed by atoms with Crippen LogP contribution in [0.25, 0.3) is 0 Å². The van der Waals surface area contributed by atoms with E-state index in [0.717, 1.165) is 12.8 Å². The Hall–Kier alpha value is -1.06. The molecule has 2 saturated heterocycles. The molecule has 2 atom stereocenters. The summed E-state index contributed by atoms with van der Waals surface area (Å²) in [7, 11) is 0. The molecule has 0 N–H and O–H groups in total. The van der Waals surface area contributed by atoms with E-state index in [2.05, 4.69) is 0 Å². The van der Waals surface area contributed by atoms with Gasteiger partial charge in [0.2, 0.25) is 0 Å². The molecule has 2 fully saturated rings. The van der Waals surface area contributed by atoms with Crippen molar-refractivity contribution in [2.75, 3.05) is 6.54 Å². The van der Waals surface area contributed by atoms with Gasteiger partial charge in [0.25, 0.3) is 5.91 Å². The summed E-state index contributed by atoms with van der Waals surface area (Å²) in [5, 5.41) is 0. The molecule has 1 amide bonds. The minimum Gasteiger partial charge on any atom is -0.448 e. The number of fused-ring (bicyclic) bond motifs is 1. The molecule has 0 aromatic heterocycles. The fourth-order valence-electron chi connectivity index (χ4n) is 2.12. The van der Waals surface area contributed by atoms with E-state index in [1.54, 1.807) is 11.8 Å². The second kappa shape index (κ2) is 2.97. The van der Waals surface area contributed by atoms with Gasteiger partial charge in [-0.1, -0.05) is 6.92 Å². The SMILES string of the molecule is CCC1(C)OC(=O)C2CCCN2C1=O. The van der Waals surface area contributed by atoms with Crippen LogP contribution >= 0.6 is 0 Å². The number of rotatable bonds is 1. The molecule has 78 valence electrons. The van der Waals surface area contributed by atoms with E-state index in [9.17, 15) is 9.59 Å². The summed E-state index contributed by atoms with van der Waals surface area (Å²) in [5.74, 6) is -0.256. The second-order valence-corrected chi connectivity index (χ2v) is 4.16. The number of nitrogens with zero attached hydrogens (tertiary/aromatic N) is 1. The predicted molar refractivity (Wildman–Crippen MR) is 49.5 cm³/mol. The third kappa shape index (κ3) is 1.13. The Morgan fingerprint density at radius 3 is 2.93 bits per heavy atom. The van der Waals surface area contributed by atoms with Gasteiger partial charge in [0, 0.05) is 6.54 Å². The highest BCUT2D eigenvalue weighted by atomic mass is 16.6. The summed E-state index contributed by atoms with van der Waals surface area (Å²) in [5.41, 5.74) is -0.919. The largest absolute Gasteiger partial charge is 0.448 e. The molecule has 2 aliphatic rings. The fourth-order valence-corrected chi connectivity index (χ4v) is 2.12. The van der Waals surface area contributed by atoms with Crippen LogP contribution in [0.5, 0.6) is 0 Å². The van der Waals surface area contributed by atoms with Gasteiger partial charge in [0.1, 0.15) is 6.04 Å². The monoisotopic (exact) mass is 197 g/mol. The van der Waals surface area contributed by atoms with Gasteiger partial charge in [0.15, 0.2) is 5.60 Å². The van der Waals surface area contributed by atoms with Crippen molar-refractivity contribution in [2.45, 2.75) is 44.8 Å². The number of ether oxygens (including phenoxy) is 1. The Bertz CT molecular complexity index is 289. The Balaban J connectivity index is 2.29. The average Bonchev–Trinajstić information content (AvgIpc) is 2.63. The van der Waals surface area contributed by atoms with E-state index in [4.69, 9.17) is 4.74 Å². The number of hydrogen-bond acceptors (Lipinski definition) is 3. The van der Waals surface area contributed by atoms with Gasteiger partial charge in [-0.25, -0.2) is 4.79 Å². The number of carbonyl (C=O) groups excluding carboxylic acids is 2. The van der Waals surface area contributed by atoms with E-state index in [1.807, 2.05) is 6.92 Å². The zero-order valence-electron chi connectivity index (χ0n) is 8.58. The third-order valence-electron chi connectivity index (χ3n) is 3.24. The minimum atomic E-state index is -0.919. The van der Waals surface area contributed by atoms with Crippen LogP contribution in [0.1, 0.15) is 33.1 Å². The first-order valence-corrected chi connectivity index (χ1v) is 5.12. The predicted octanol–water partition coefficient (Wildman–Crippen LogP) is 0.703. The number of hydrogen-bond donors (Lipinski definition) is 0. The maximum Gasteiger partial charge on any atom is 0.329 e. The van der Waals surface area contributed by atoms with Gasteiger partial charge in [-0.2, -0.15) is 0 Å². The molecular weight excluding hydrogens is 182 g/mol. The summed E-state index contributed by atoms with van der Waals surface area (Å²) in [6, 6.07) is -0.304. The van der Waals surface area contributed by atoms with Gasteiger partial charge in [-0.3, -0.25) is 4.79 Å². The molecule has 0 aromatic rings. The van der Waals surface area contributed by atoms with Gasteiger partial charge < -0.3 is 9.64 Å². The van der Waals surface area contributed by atoms with Crippen LogP contribution < -0.4 is 0 Å². The molecule has 0 aliphatic carbocycles. The molecule has 0 bridgehead atoms. The maximum atomic E-state index is 12.0. The highest BCUT2D eigenvalue weighted by Gasteiger charge is 2.50. The lowest BCUT2D eigenvalue weighted by molar-refractivity contribution is -0.188. The van der Waals surface area contributed by atoms with Crippen molar-refractivity contribution in [3.8, 4) is 0 Å². The van der Waals surface area contributed by atoms with Gasteiger partial charge in [-0.15, -0.1) is 0 Å². The first kappa shape index (κ1) is 9.49. The van der Waals surface area contributed by atoms with Crippen LogP contribution in [0.2, 0.25) is 0 Å². The lowest BCUT2D eigenvalue weighted by Gasteiger charge is -2.39. The summed E-state index contributed by atoms with van der Waals surface area (Å²) in [6.07, 6.45) is 2.20. The van der Waals surface area contributed by atoms with Crippen molar-refractivity contribution in [3.05, 3.63) is 0 Å². The normalized spacial score (nSPS) is 37.0. The average molecular weight is 197 g/mol. The van der Waals surface area contributed by atoms with Gasteiger partial charge in [-0.05, 0) is 26.2 Å². The lowest BCUT2D eigenvalue weighted by atomic mass is 9.98. The standard InChI is InChI=1S/C10H15NO3/c1-3-10(2)9(13)11-6-4-5-7(11)8(12)14-10/h7H,3-6H2,1-2H3. The highest BCUT2D eigenvalue weighted by Crippen LogP contribution is 2.31. The van der Waals surface area contributed by atoms with Crippen molar-refractivity contribution >= 4 is 11.9 Å². The van der Waals surface area contributed by atoms with Crippen LogP contribution in [-0.2, 0) is 14.3 Å². The van der Waals surface area contributed by atoms with Gasteiger partial charge in [0.05, 0.1) is 0 Å². The quantitative estimate of drug-likeness (QED) is 0.581. The third-order valence-corrected chi connectivity index (χ3v) is 3.24. The van der Waals surface area contributed by atoms with E-state index in [-0.39, 0.29) is 17.9 Å². The van der Waals surface area contributed by atoms with E-state index in [0.29, 0.717) is 13.0 Å². The molecule has 0 radical (unpaired) electrons. The maximum absolute atomic E-state index is 12.0. The van der Waals surface area contributed by atoms with E-state index in [1.165, 1.54) is 0 Å². The molecule has 2 unspecified atom stereocenters. The molecule has 2 rings (SSSR count). The second-order valence-electron chi connectivity index (χ2n) is 4.16. The van der Waals surface area contributed by atoms with Crippen LogP contribution in [0, 0.1) is 0 Å².